The zero-order valence-electron chi connectivity index (χ0n) is 11.6. The third kappa shape index (κ3) is 2.59. The number of aromatic nitrogens is 2. The molecule has 0 unspecified atom stereocenters. The molecule has 1 heterocycles. The number of carboxylic acid groups (broad SMARTS) is 1. The van der Waals surface area contributed by atoms with E-state index < -0.39 is 5.97 Å². The zero-order chi connectivity index (χ0) is 14.7. The van der Waals surface area contributed by atoms with E-state index in [0.717, 1.165) is 11.4 Å². The van der Waals surface area contributed by atoms with Crippen LogP contribution in [0.2, 0.25) is 0 Å². The summed E-state index contributed by atoms with van der Waals surface area (Å²) in [4.78, 5) is 10.8. The highest BCUT2D eigenvalue weighted by molar-refractivity contribution is 5.70. The Labute approximate surface area is 116 Å². The fourth-order valence-electron chi connectivity index (χ4n) is 1.98. The van der Waals surface area contributed by atoms with Gasteiger partial charge in [0.15, 0.2) is 0 Å². The van der Waals surface area contributed by atoms with Gasteiger partial charge in [0.2, 0.25) is 0 Å². The molecule has 0 aliphatic carbocycles. The van der Waals surface area contributed by atoms with Crippen LogP contribution >= 0.6 is 0 Å². The van der Waals surface area contributed by atoms with E-state index in [4.69, 9.17) is 14.6 Å². The van der Waals surface area contributed by atoms with Crippen molar-refractivity contribution < 1.29 is 19.4 Å². The summed E-state index contributed by atoms with van der Waals surface area (Å²) < 4.78 is 12.1. The number of benzene rings is 1. The summed E-state index contributed by atoms with van der Waals surface area (Å²) in [5.74, 6) is 0.410. The molecular formula is C14H16N2O4. The van der Waals surface area contributed by atoms with Crippen molar-refractivity contribution in [2.45, 2.75) is 13.3 Å². The van der Waals surface area contributed by atoms with Gasteiger partial charge in [0.05, 0.1) is 26.8 Å². The second kappa shape index (κ2) is 5.64. The van der Waals surface area contributed by atoms with Gasteiger partial charge in [-0.15, -0.1) is 0 Å². The van der Waals surface area contributed by atoms with E-state index in [2.05, 4.69) is 5.10 Å². The normalized spacial score (nSPS) is 10.3. The number of carboxylic acids is 1. The Morgan fingerprint density at radius 2 is 2.10 bits per heavy atom. The van der Waals surface area contributed by atoms with Crippen LogP contribution in [-0.2, 0) is 11.2 Å². The summed E-state index contributed by atoms with van der Waals surface area (Å²) in [7, 11) is 3.15. The van der Waals surface area contributed by atoms with Crippen LogP contribution in [0, 0.1) is 6.92 Å². The predicted octanol–water partition coefficient (Wildman–Crippen LogP) is 1.83. The van der Waals surface area contributed by atoms with E-state index in [-0.39, 0.29) is 6.42 Å². The first-order valence-corrected chi connectivity index (χ1v) is 6.04. The lowest BCUT2D eigenvalue weighted by atomic mass is 10.2. The largest absolute Gasteiger partial charge is 0.497 e. The summed E-state index contributed by atoms with van der Waals surface area (Å²) in [5, 5.41) is 13.1. The summed E-state index contributed by atoms with van der Waals surface area (Å²) in [6, 6.07) is 5.38. The summed E-state index contributed by atoms with van der Waals surface area (Å²) in [5.41, 5.74) is 2.19. The van der Waals surface area contributed by atoms with Gasteiger partial charge in [0.25, 0.3) is 0 Å². The molecule has 0 saturated heterocycles. The van der Waals surface area contributed by atoms with Crippen molar-refractivity contribution in [3.05, 3.63) is 35.7 Å². The van der Waals surface area contributed by atoms with Gasteiger partial charge in [-0.05, 0) is 19.1 Å². The molecular weight excluding hydrogens is 260 g/mol. The monoisotopic (exact) mass is 276 g/mol. The summed E-state index contributed by atoms with van der Waals surface area (Å²) in [6.07, 6.45) is 1.51. The van der Waals surface area contributed by atoms with E-state index in [1.807, 2.05) is 13.0 Å². The molecule has 0 bridgehead atoms. The first kappa shape index (κ1) is 13.9. The molecule has 0 aliphatic heterocycles. The fraction of sp³-hybridized carbons (Fsp3) is 0.286. The van der Waals surface area contributed by atoms with Crippen LogP contribution in [0.4, 0.5) is 0 Å². The Bertz CT molecular complexity index is 634. The second-order valence-corrected chi connectivity index (χ2v) is 4.28. The zero-order valence-corrected chi connectivity index (χ0v) is 11.6. The molecule has 0 aliphatic rings. The third-order valence-electron chi connectivity index (χ3n) is 3.07. The van der Waals surface area contributed by atoms with Crippen molar-refractivity contribution in [3.63, 3.8) is 0 Å². The van der Waals surface area contributed by atoms with Crippen molar-refractivity contribution in [2.75, 3.05) is 14.2 Å². The number of aliphatic carboxylic acids is 1. The minimum absolute atomic E-state index is 0.0513. The SMILES string of the molecule is COc1ccc(-n2ncc(CC(=O)O)c2C)c(OC)c1. The van der Waals surface area contributed by atoms with Gasteiger partial charge in [-0.3, -0.25) is 4.79 Å². The second-order valence-electron chi connectivity index (χ2n) is 4.28. The number of methoxy groups -OCH3 is 2. The third-order valence-corrected chi connectivity index (χ3v) is 3.07. The lowest BCUT2D eigenvalue weighted by molar-refractivity contribution is -0.136. The Kier molecular flexibility index (Phi) is 3.93. The summed E-state index contributed by atoms with van der Waals surface area (Å²) in [6.45, 7) is 1.83. The molecule has 2 rings (SSSR count). The van der Waals surface area contributed by atoms with Crippen LogP contribution in [-0.4, -0.2) is 35.1 Å². The maximum Gasteiger partial charge on any atom is 0.307 e. The Morgan fingerprint density at radius 1 is 1.35 bits per heavy atom. The topological polar surface area (TPSA) is 73.6 Å². The molecule has 0 radical (unpaired) electrons. The molecule has 2 aromatic rings. The van der Waals surface area contributed by atoms with E-state index in [0.29, 0.717) is 17.1 Å². The Balaban J connectivity index is 2.46. The van der Waals surface area contributed by atoms with E-state index in [9.17, 15) is 4.79 Å². The fourth-order valence-corrected chi connectivity index (χ4v) is 1.98. The van der Waals surface area contributed by atoms with E-state index in [1.165, 1.54) is 0 Å². The average Bonchev–Trinajstić information content (AvgIpc) is 2.78. The molecule has 20 heavy (non-hydrogen) atoms. The molecule has 6 heteroatoms. The number of ether oxygens (including phenoxy) is 2. The highest BCUT2D eigenvalue weighted by Gasteiger charge is 2.14. The number of nitrogens with zero attached hydrogens (tertiary/aromatic N) is 2. The highest BCUT2D eigenvalue weighted by atomic mass is 16.5. The quantitative estimate of drug-likeness (QED) is 0.901. The number of rotatable bonds is 5. The molecule has 6 nitrogen and oxygen atoms in total. The average molecular weight is 276 g/mol. The van der Waals surface area contributed by atoms with Crippen molar-refractivity contribution in [3.8, 4) is 17.2 Å². The Hall–Kier alpha value is -2.50. The van der Waals surface area contributed by atoms with Gasteiger partial charge in [-0.1, -0.05) is 0 Å². The maximum atomic E-state index is 10.8. The molecule has 106 valence electrons. The van der Waals surface area contributed by atoms with E-state index in [1.54, 1.807) is 37.2 Å². The lowest BCUT2D eigenvalue weighted by Gasteiger charge is -2.12. The standard InChI is InChI=1S/C14H16N2O4/c1-9-10(6-14(17)18)8-15-16(9)12-5-4-11(19-2)7-13(12)20-3/h4-5,7-8H,6H2,1-3H3,(H,17,18). The summed E-state index contributed by atoms with van der Waals surface area (Å²) >= 11 is 0. The number of hydrogen-bond acceptors (Lipinski definition) is 4. The van der Waals surface area contributed by atoms with Crippen LogP contribution in [0.3, 0.4) is 0 Å². The maximum absolute atomic E-state index is 10.8. The molecule has 1 aromatic carbocycles. The lowest BCUT2D eigenvalue weighted by Crippen LogP contribution is -2.04. The molecule has 1 N–H and O–H groups in total. The van der Waals surface area contributed by atoms with Crippen LogP contribution in [0.15, 0.2) is 24.4 Å². The minimum atomic E-state index is -0.880. The minimum Gasteiger partial charge on any atom is -0.497 e. The van der Waals surface area contributed by atoms with Crippen molar-refractivity contribution in [2.24, 2.45) is 0 Å². The van der Waals surface area contributed by atoms with Crippen molar-refractivity contribution in [1.82, 2.24) is 9.78 Å². The molecule has 0 fully saturated rings. The smallest absolute Gasteiger partial charge is 0.307 e. The van der Waals surface area contributed by atoms with Crippen LogP contribution in [0.1, 0.15) is 11.3 Å². The van der Waals surface area contributed by atoms with Gasteiger partial charge in [0, 0.05) is 17.3 Å². The first-order valence-electron chi connectivity index (χ1n) is 6.04. The van der Waals surface area contributed by atoms with Crippen molar-refractivity contribution in [1.29, 1.82) is 0 Å². The van der Waals surface area contributed by atoms with Gasteiger partial charge in [0.1, 0.15) is 17.2 Å². The van der Waals surface area contributed by atoms with Crippen LogP contribution in [0.25, 0.3) is 5.69 Å². The Morgan fingerprint density at radius 3 is 2.70 bits per heavy atom. The molecule has 0 atom stereocenters. The molecule has 0 amide bonds. The van der Waals surface area contributed by atoms with Gasteiger partial charge >= 0.3 is 5.97 Å². The molecule has 1 aromatic heterocycles. The molecule has 0 spiro atoms. The number of hydrogen-bond donors (Lipinski definition) is 1. The van der Waals surface area contributed by atoms with Crippen molar-refractivity contribution >= 4 is 5.97 Å². The van der Waals surface area contributed by atoms with Gasteiger partial charge in [-0.2, -0.15) is 5.10 Å². The van der Waals surface area contributed by atoms with E-state index >= 15 is 0 Å². The highest BCUT2D eigenvalue weighted by Crippen LogP contribution is 2.28. The number of carbonyl (C=O) groups is 1. The van der Waals surface area contributed by atoms with Crippen LogP contribution in [0.5, 0.6) is 11.5 Å². The first-order chi connectivity index (χ1) is 9.56. The van der Waals surface area contributed by atoms with Crippen LogP contribution < -0.4 is 9.47 Å². The molecule has 0 saturated carbocycles. The van der Waals surface area contributed by atoms with Gasteiger partial charge in [-0.25, -0.2) is 4.68 Å². The van der Waals surface area contributed by atoms with Gasteiger partial charge < -0.3 is 14.6 Å². The predicted molar refractivity (Wildman–Crippen MR) is 72.7 cm³/mol.